The van der Waals surface area contributed by atoms with Gasteiger partial charge >= 0.3 is 11.9 Å². The molecule has 0 aliphatic carbocycles. The summed E-state index contributed by atoms with van der Waals surface area (Å²) >= 11 is 0. The van der Waals surface area contributed by atoms with E-state index in [1.165, 1.54) is 24.3 Å². The van der Waals surface area contributed by atoms with E-state index in [1.807, 2.05) is 0 Å². The van der Waals surface area contributed by atoms with Crippen LogP contribution >= 0.6 is 0 Å². The Morgan fingerprint density at radius 1 is 0.844 bits per heavy atom. The van der Waals surface area contributed by atoms with Crippen molar-refractivity contribution in [1.82, 2.24) is 0 Å². The van der Waals surface area contributed by atoms with E-state index < -0.39 is 61.5 Å². The van der Waals surface area contributed by atoms with Crippen LogP contribution in [0.25, 0.3) is 0 Å². The second kappa shape index (κ2) is 15.8. The summed E-state index contributed by atoms with van der Waals surface area (Å²) in [5.41, 5.74) is 1.98. The standard InChI is InChI=1S/C32H38O13/c1-2-22-23(15-26(36)41-13-11-18-3-7-20(34)8-4-18)24(30(40)42-14-12-19-5-9-21(35)10-6-19)17-43-31(22)45-32-29(39)28(38)27(37)25(16-33)44-32/h2-10,17,23,25,27-29,31-35,37-39H,11-16H2,1H3/t23-,25+,27+,28-,29+,31-,32+/m0/s1. The van der Waals surface area contributed by atoms with Gasteiger partial charge in [0.25, 0.3) is 0 Å². The van der Waals surface area contributed by atoms with E-state index in [-0.39, 0.29) is 36.7 Å². The Morgan fingerprint density at radius 3 is 1.98 bits per heavy atom. The number of carbonyl (C=O) groups is 2. The molecule has 0 radical (unpaired) electrons. The zero-order valence-electron chi connectivity index (χ0n) is 24.6. The van der Waals surface area contributed by atoms with Crippen molar-refractivity contribution in [1.29, 1.82) is 0 Å². The second-order valence-electron chi connectivity index (χ2n) is 10.6. The van der Waals surface area contributed by atoms with Gasteiger partial charge in [0.05, 0.1) is 38.1 Å². The van der Waals surface area contributed by atoms with E-state index in [2.05, 4.69) is 0 Å². The fourth-order valence-corrected chi connectivity index (χ4v) is 4.99. The van der Waals surface area contributed by atoms with E-state index in [9.17, 15) is 40.2 Å². The maximum atomic E-state index is 13.2. The Morgan fingerprint density at radius 2 is 1.42 bits per heavy atom. The summed E-state index contributed by atoms with van der Waals surface area (Å²) < 4.78 is 27.9. The van der Waals surface area contributed by atoms with Crippen LogP contribution in [0.3, 0.4) is 0 Å². The number of phenolic OH excluding ortho intramolecular Hbond substituents is 2. The van der Waals surface area contributed by atoms with Crippen LogP contribution in [0.1, 0.15) is 24.5 Å². The summed E-state index contributed by atoms with van der Waals surface area (Å²) in [6, 6.07) is 12.9. The van der Waals surface area contributed by atoms with E-state index in [0.29, 0.717) is 18.4 Å². The second-order valence-corrected chi connectivity index (χ2v) is 10.6. The number of allylic oxidation sites excluding steroid dienone is 1. The van der Waals surface area contributed by atoms with Gasteiger partial charge in [-0.1, -0.05) is 30.3 Å². The van der Waals surface area contributed by atoms with Gasteiger partial charge < -0.3 is 54.3 Å². The minimum atomic E-state index is -1.71. The number of hydrogen-bond donors (Lipinski definition) is 6. The summed E-state index contributed by atoms with van der Waals surface area (Å²) in [7, 11) is 0. The van der Waals surface area contributed by atoms with Crippen molar-refractivity contribution < 1.29 is 63.9 Å². The molecule has 2 aromatic carbocycles. The normalized spacial score (nSPS) is 27.4. The average Bonchev–Trinajstić information content (AvgIpc) is 3.03. The molecule has 244 valence electrons. The Labute approximate surface area is 259 Å². The van der Waals surface area contributed by atoms with Gasteiger partial charge in [0, 0.05) is 24.3 Å². The fourth-order valence-electron chi connectivity index (χ4n) is 4.99. The van der Waals surface area contributed by atoms with Crippen molar-refractivity contribution >= 4 is 11.9 Å². The lowest BCUT2D eigenvalue weighted by Crippen LogP contribution is -2.60. The van der Waals surface area contributed by atoms with Gasteiger partial charge in [0.15, 0.2) is 6.29 Å². The van der Waals surface area contributed by atoms with Crippen molar-refractivity contribution in [2.45, 2.75) is 63.2 Å². The van der Waals surface area contributed by atoms with E-state index in [0.717, 1.165) is 17.4 Å². The molecule has 1 saturated heterocycles. The number of esters is 2. The van der Waals surface area contributed by atoms with Crippen LogP contribution in [-0.4, -0.2) is 99.4 Å². The first-order valence-electron chi connectivity index (χ1n) is 14.5. The molecule has 45 heavy (non-hydrogen) atoms. The Balaban J connectivity index is 1.47. The highest BCUT2D eigenvalue weighted by molar-refractivity contribution is 5.91. The number of carbonyl (C=O) groups excluding carboxylic acids is 2. The molecule has 0 aromatic heterocycles. The van der Waals surface area contributed by atoms with Gasteiger partial charge in [-0.15, -0.1) is 0 Å². The maximum absolute atomic E-state index is 13.2. The molecule has 4 rings (SSSR count). The number of ether oxygens (including phenoxy) is 5. The molecular formula is C32H38O13. The van der Waals surface area contributed by atoms with Crippen molar-refractivity contribution in [2.24, 2.45) is 5.92 Å². The minimum absolute atomic E-state index is 0.000710. The molecule has 0 spiro atoms. The first-order chi connectivity index (χ1) is 21.6. The number of aliphatic hydroxyl groups excluding tert-OH is 4. The lowest BCUT2D eigenvalue weighted by atomic mass is 9.86. The predicted molar refractivity (Wildman–Crippen MR) is 155 cm³/mol. The average molecular weight is 631 g/mol. The predicted octanol–water partition coefficient (Wildman–Crippen LogP) is 0.979. The number of phenols is 2. The SMILES string of the molecule is CC=C1[C@H](O[C@H]2O[C@H](CO)[C@@H](O)[C@H](O)[C@H]2O)OC=C(C(=O)OCCc2ccc(O)cc2)[C@H]1CC(=O)OCCc1ccc(O)cc1. The van der Waals surface area contributed by atoms with Crippen LogP contribution in [0.15, 0.2) is 72.0 Å². The van der Waals surface area contributed by atoms with Gasteiger partial charge in [-0.05, 0) is 42.3 Å². The third-order valence-corrected chi connectivity index (χ3v) is 7.56. The molecule has 1 fully saturated rings. The summed E-state index contributed by atoms with van der Waals surface area (Å²) in [6.45, 7) is 1.01. The first-order valence-corrected chi connectivity index (χ1v) is 14.5. The number of hydrogen-bond acceptors (Lipinski definition) is 13. The highest BCUT2D eigenvalue weighted by Crippen LogP contribution is 2.36. The molecule has 2 aromatic rings. The van der Waals surface area contributed by atoms with Crippen molar-refractivity contribution in [3.8, 4) is 11.5 Å². The lowest BCUT2D eigenvalue weighted by molar-refractivity contribution is -0.327. The monoisotopic (exact) mass is 630 g/mol. The van der Waals surface area contributed by atoms with Crippen LogP contribution in [0.4, 0.5) is 0 Å². The Hall–Kier alpha value is -3.98. The topological polar surface area (TPSA) is 202 Å². The van der Waals surface area contributed by atoms with E-state index in [1.54, 1.807) is 37.3 Å². The molecule has 13 nitrogen and oxygen atoms in total. The zero-order valence-corrected chi connectivity index (χ0v) is 24.6. The third-order valence-electron chi connectivity index (χ3n) is 7.56. The molecule has 13 heteroatoms. The Kier molecular flexibility index (Phi) is 11.9. The summed E-state index contributed by atoms with van der Waals surface area (Å²) in [5, 5.41) is 59.2. The smallest absolute Gasteiger partial charge is 0.337 e. The van der Waals surface area contributed by atoms with Crippen molar-refractivity contribution in [3.05, 3.63) is 83.1 Å². The Bertz CT molecular complexity index is 1340. The van der Waals surface area contributed by atoms with Gasteiger partial charge in [-0.25, -0.2) is 4.79 Å². The number of rotatable bonds is 12. The van der Waals surface area contributed by atoms with Gasteiger partial charge in [-0.2, -0.15) is 0 Å². The summed E-state index contributed by atoms with van der Waals surface area (Å²) in [5.74, 6) is -2.09. The van der Waals surface area contributed by atoms with Crippen LogP contribution in [-0.2, 0) is 46.1 Å². The van der Waals surface area contributed by atoms with Crippen molar-refractivity contribution in [3.63, 3.8) is 0 Å². The lowest BCUT2D eigenvalue weighted by Gasteiger charge is -2.42. The van der Waals surface area contributed by atoms with Crippen LogP contribution < -0.4 is 0 Å². The van der Waals surface area contributed by atoms with Crippen LogP contribution in [0.2, 0.25) is 0 Å². The quantitative estimate of drug-likeness (QED) is 0.143. The summed E-state index contributed by atoms with van der Waals surface area (Å²) in [4.78, 5) is 26.2. The van der Waals surface area contributed by atoms with Gasteiger partial charge in [-0.3, -0.25) is 4.79 Å². The molecule has 6 N–H and O–H groups in total. The fraction of sp³-hybridized carbons (Fsp3) is 0.438. The largest absolute Gasteiger partial charge is 0.508 e. The van der Waals surface area contributed by atoms with Crippen LogP contribution in [0.5, 0.6) is 11.5 Å². The molecule has 2 aliphatic rings. The van der Waals surface area contributed by atoms with E-state index >= 15 is 0 Å². The first kappa shape index (κ1) is 33.9. The molecule has 2 aliphatic heterocycles. The van der Waals surface area contributed by atoms with Crippen LogP contribution in [0, 0.1) is 5.92 Å². The molecule has 0 saturated carbocycles. The number of aliphatic hydroxyl groups is 4. The highest BCUT2D eigenvalue weighted by atomic mass is 16.8. The molecule has 7 atom stereocenters. The van der Waals surface area contributed by atoms with Gasteiger partial charge in [0.1, 0.15) is 35.9 Å². The molecular weight excluding hydrogens is 592 g/mol. The summed E-state index contributed by atoms with van der Waals surface area (Å²) in [6.07, 6.45) is -5.92. The number of benzene rings is 2. The molecule has 0 bridgehead atoms. The molecule has 0 unspecified atom stereocenters. The maximum Gasteiger partial charge on any atom is 0.337 e. The van der Waals surface area contributed by atoms with Crippen molar-refractivity contribution in [2.75, 3.05) is 19.8 Å². The zero-order chi connectivity index (χ0) is 32.5. The molecule has 0 amide bonds. The molecule has 2 heterocycles. The van der Waals surface area contributed by atoms with E-state index in [4.69, 9.17) is 23.7 Å². The third kappa shape index (κ3) is 8.81. The number of aromatic hydroxyl groups is 2. The van der Waals surface area contributed by atoms with Gasteiger partial charge in [0.2, 0.25) is 6.29 Å². The highest BCUT2D eigenvalue weighted by Gasteiger charge is 2.47. The minimum Gasteiger partial charge on any atom is -0.508 e.